The van der Waals surface area contributed by atoms with Crippen molar-refractivity contribution in [2.24, 2.45) is 0 Å². The average molecular weight is 282 g/mol. The fourth-order valence-corrected chi connectivity index (χ4v) is 1.89. The van der Waals surface area contributed by atoms with Gasteiger partial charge in [0.05, 0.1) is 23.6 Å². The molecule has 0 saturated carbocycles. The first-order valence-electron chi connectivity index (χ1n) is 6.02. The number of ether oxygens (including phenoxy) is 1. The lowest BCUT2D eigenvalue weighted by Crippen LogP contribution is -2.27. The summed E-state index contributed by atoms with van der Waals surface area (Å²) in [6.45, 7) is 3.13. The Kier molecular flexibility index (Phi) is 4.52. The number of aromatic amines is 1. The van der Waals surface area contributed by atoms with Crippen LogP contribution in [0.2, 0.25) is 5.02 Å². The van der Waals surface area contributed by atoms with E-state index in [1.165, 1.54) is 0 Å². The summed E-state index contributed by atoms with van der Waals surface area (Å²) in [5.74, 6) is 0.586. The zero-order valence-corrected chi connectivity index (χ0v) is 11.6. The van der Waals surface area contributed by atoms with E-state index >= 15 is 0 Å². The van der Waals surface area contributed by atoms with Crippen LogP contribution in [0.5, 0.6) is 0 Å². The largest absolute Gasteiger partial charge is 0.380 e. The van der Waals surface area contributed by atoms with Gasteiger partial charge in [-0.25, -0.2) is 4.98 Å². The van der Waals surface area contributed by atoms with E-state index < -0.39 is 0 Å². The first kappa shape index (κ1) is 14.0. The molecule has 0 saturated heterocycles. The van der Waals surface area contributed by atoms with Crippen LogP contribution in [0.25, 0.3) is 10.9 Å². The van der Waals surface area contributed by atoms with Crippen LogP contribution in [-0.2, 0) is 11.3 Å². The number of rotatable bonds is 5. The van der Waals surface area contributed by atoms with E-state index in [4.69, 9.17) is 16.3 Å². The highest BCUT2D eigenvalue weighted by Gasteiger charge is 2.05. The van der Waals surface area contributed by atoms with Crippen LogP contribution in [0.15, 0.2) is 23.0 Å². The fourth-order valence-electron chi connectivity index (χ4n) is 1.72. The monoisotopic (exact) mass is 281 g/mol. The third kappa shape index (κ3) is 3.53. The number of halogens is 1. The van der Waals surface area contributed by atoms with Gasteiger partial charge in [-0.3, -0.25) is 4.79 Å². The Bertz CT molecular complexity index is 627. The highest BCUT2D eigenvalue weighted by atomic mass is 35.5. The van der Waals surface area contributed by atoms with Gasteiger partial charge >= 0.3 is 0 Å². The Morgan fingerprint density at radius 3 is 3.05 bits per heavy atom. The van der Waals surface area contributed by atoms with Gasteiger partial charge in [0.2, 0.25) is 0 Å². The van der Waals surface area contributed by atoms with E-state index in [0.29, 0.717) is 34.8 Å². The minimum atomic E-state index is -0.154. The molecule has 102 valence electrons. The maximum absolute atomic E-state index is 11.9. The summed E-state index contributed by atoms with van der Waals surface area (Å²) < 4.78 is 5.13. The van der Waals surface area contributed by atoms with Crippen molar-refractivity contribution in [2.45, 2.75) is 19.6 Å². The Hall–Kier alpha value is -1.43. The zero-order valence-electron chi connectivity index (χ0n) is 10.9. The third-order valence-corrected chi connectivity index (χ3v) is 3.08. The van der Waals surface area contributed by atoms with Gasteiger partial charge in [-0.15, -0.1) is 0 Å². The smallest absolute Gasteiger partial charge is 0.258 e. The number of nitrogens with zero attached hydrogens (tertiary/aromatic N) is 1. The standard InChI is InChI=1S/C13H16ClN3O2/c1-8(19-2)6-15-7-12-16-11-5-9(14)3-4-10(11)13(18)17-12/h3-5,8,15H,6-7H2,1-2H3,(H,16,17,18). The predicted molar refractivity (Wildman–Crippen MR) is 75.6 cm³/mol. The number of H-pyrrole nitrogens is 1. The number of benzene rings is 1. The molecule has 1 heterocycles. The number of hydrogen-bond donors (Lipinski definition) is 2. The van der Waals surface area contributed by atoms with Crippen molar-refractivity contribution in [1.29, 1.82) is 0 Å². The normalized spacial score (nSPS) is 12.8. The number of hydrogen-bond acceptors (Lipinski definition) is 4. The molecule has 0 fully saturated rings. The molecule has 5 nitrogen and oxygen atoms in total. The number of aromatic nitrogens is 2. The summed E-state index contributed by atoms with van der Waals surface area (Å²) in [5.41, 5.74) is 0.450. The van der Waals surface area contributed by atoms with Crippen molar-refractivity contribution in [1.82, 2.24) is 15.3 Å². The molecule has 0 aliphatic heterocycles. The minimum Gasteiger partial charge on any atom is -0.380 e. The maximum atomic E-state index is 11.9. The van der Waals surface area contributed by atoms with Gasteiger partial charge in [0.25, 0.3) is 5.56 Å². The summed E-state index contributed by atoms with van der Waals surface area (Å²) >= 11 is 5.90. The molecule has 6 heteroatoms. The van der Waals surface area contributed by atoms with Crippen LogP contribution in [0.3, 0.4) is 0 Å². The topological polar surface area (TPSA) is 67.0 Å². The summed E-state index contributed by atoms with van der Waals surface area (Å²) in [4.78, 5) is 19.0. The van der Waals surface area contributed by atoms with Crippen molar-refractivity contribution in [3.8, 4) is 0 Å². The first-order chi connectivity index (χ1) is 9.10. The fraction of sp³-hybridized carbons (Fsp3) is 0.385. The Balaban J connectivity index is 2.18. The Morgan fingerprint density at radius 1 is 1.53 bits per heavy atom. The summed E-state index contributed by atoms with van der Waals surface area (Å²) in [7, 11) is 1.66. The van der Waals surface area contributed by atoms with E-state index in [0.717, 1.165) is 0 Å². The lowest BCUT2D eigenvalue weighted by atomic mass is 10.2. The lowest BCUT2D eigenvalue weighted by molar-refractivity contribution is 0.117. The molecule has 2 rings (SSSR count). The number of nitrogens with one attached hydrogen (secondary N) is 2. The highest BCUT2D eigenvalue weighted by Crippen LogP contribution is 2.14. The SMILES string of the molecule is COC(C)CNCc1nc2cc(Cl)ccc2c(=O)[nH]1. The molecule has 0 aliphatic rings. The van der Waals surface area contributed by atoms with Crippen LogP contribution in [0.1, 0.15) is 12.7 Å². The maximum Gasteiger partial charge on any atom is 0.258 e. The molecule has 19 heavy (non-hydrogen) atoms. The summed E-state index contributed by atoms with van der Waals surface area (Å²) in [6.07, 6.45) is 0.113. The molecule has 0 spiro atoms. The van der Waals surface area contributed by atoms with Crippen molar-refractivity contribution < 1.29 is 4.74 Å². The second-order valence-corrected chi connectivity index (χ2v) is 4.79. The van der Waals surface area contributed by atoms with Gasteiger partial charge < -0.3 is 15.0 Å². The quantitative estimate of drug-likeness (QED) is 0.875. The van der Waals surface area contributed by atoms with Gasteiger partial charge in [0.1, 0.15) is 5.82 Å². The predicted octanol–water partition coefficient (Wildman–Crippen LogP) is 1.70. The van der Waals surface area contributed by atoms with E-state index in [9.17, 15) is 4.79 Å². The van der Waals surface area contributed by atoms with Gasteiger partial charge in [0.15, 0.2) is 0 Å². The minimum absolute atomic E-state index is 0.113. The Morgan fingerprint density at radius 2 is 2.32 bits per heavy atom. The molecular weight excluding hydrogens is 266 g/mol. The van der Waals surface area contributed by atoms with E-state index in [2.05, 4.69) is 15.3 Å². The molecule has 0 amide bonds. The third-order valence-electron chi connectivity index (χ3n) is 2.84. The van der Waals surface area contributed by atoms with Crippen molar-refractivity contribution in [3.05, 3.63) is 39.4 Å². The van der Waals surface area contributed by atoms with Crippen molar-refractivity contribution in [3.63, 3.8) is 0 Å². The number of methoxy groups -OCH3 is 1. The lowest BCUT2D eigenvalue weighted by Gasteiger charge is -2.10. The van der Waals surface area contributed by atoms with Crippen molar-refractivity contribution >= 4 is 22.5 Å². The number of fused-ring (bicyclic) bond motifs is 1. The van der Waals surface area contributed by atoms with E-state index in [1.807, 2.05) is 6.92 Å². The van der Waals surface area contributed by atoms with Gasteiger partial charge in [0, 0.05) is 18.7 Å². The first-order valence-corrected chi connectivity index (χ1v) is 6.40. The summed E-state index contributed by atoms with van der Waals surface area (Å²) in [5, 5.41) is 4.28. The molecule has 1 aromatic heterocycles. The van der Waals surface area contributed by atoms with E-state index in [-0.39, 0.29) is 11.7 Å². The molecule has 0 aliphatic carbocycles. The van der Waals surface area contributed by atoms with Crippen LogP contribution in [-0.4, -0.2) is 29.7 Å². The Labute approximate surface area is 116 Å². The molecule has 0 bridgehead atoms. The second kappa shape index (κ2) is 6.14. The van der Waals surface area contributed by atoms with Crippen LogP contribution >= 0.6 is 11.6 Å². The molecule has 2 aromatic rings. The average Bonchev–Trinajstić information content (AvgIpc) is 2.38. The van der Waals surface area contributed by atoms with Crippen LogP contribution in [0.4, 0.5) is 0 Å². The second-order valence-electron chi connectivity index (χ2n) is 4.35. The highest BCUT2D eigenvalue weighted by molar-refractivity contribution is 6.31. The molecular formula is C13H16ClN3O2. The zero-order chi connectivity index (χ0) is 13.8. The molecule has 0 radical (unpaired) electrons. The van der Waals surface area contributed by atoms with Gasteiger partial charge in [-0.1, -0.05) is 11.6 Å². The van der Waals surface area contributed by atoms with Crippen LogP contribution < -0.4 is 10.9 Å². The molecule has 1 aromatic carbocycles. The molecule has 2 N–H and O–H groups in total. The van der Waals surface area contributed by atoms with Crippen LogP contribution in [0, 0.1) is 0 Å². The summed E-state index contributed by atoms with van der Waals surface area (Å²) in [6, 6.07) is 5.04. The van der Waals surface area contributed by atoms with Gasteiger partial charge in [-0.2, -0.15) is 0 Å². The van der Waals surface area contributed by atoms with E-state index in [1.54, 1.807) is 25.3 Å². The molecule has 1 atom stereocenters. The van der Waals surface area contributed by atoms with Gasteiger partial charge in [-0.05, 0) is 25.1 Å². The molecule has 1 unspecified atom stereocenters. The van der Waals surface area contributed by atoms with Crippen molar-refractivity contribution in [2.75, 3.05) is 13.7 Å².